The van der Waals surface area contributed by atoms with E-state index in [4.69, 9.17) is 5.26 Å². The molecular formula is C12H13F2N. The molecule has 1 atom stereocenters. The highest BCUT2D eigenvalue weighted by Crippen LogP contribution is 2.36. The summed E-state index contributed by atoms with van der Waals surface area (Å²) in [6.45, 7) is 5.35. The largest absolute Gasteiger partial charge is 0.207 e. The van der Waals surface area contributed by atoms with Crippen LogP contribution in [0.5, 0.6) is 0 Å². The molecular weight excluding hydrogens is 196 g/mol. The summed E-state index contributed by atoms with van der Waals surface area (Å²) in [7, 11) is 0. The SMILES string of the molecule is CC(C)(C)C(C#N)c1c(F)cccc1F. The van der Waals surface area contributed by atoms with E-state index in [1.54, 1.807) is 20.8 Å². The molecule has 0 aromatic heterocycles. The quantitative estimate of drug-likeness (QED) is 0.693. The molecule has 0 heterocycles. The van der Waals surface area contributed by atoms with Crippen molar-refractivity contribution in [2.45, 2.75) is 26.7 Å². The molecule has 1 unspecified atom stereocenters. The van der Waals surface area contributed by atoms with Gasteiger partial charge in [-0.1, -0.05) is 26.8 Å². The molecule has 0 saturated carbocycles. The molecule has 0 bridgehead atoms. The molecule has 0 aliphatic heterocycles. The van der Waals surface area contributed by atoms with Crippen LogP contribution in [0.3, 0.4) is 0 Å². The third-order valence-corrected chi connectivity index (χ3v) is 2.28. The van der Waals surface area contributed by atoms with Gasteiger partial charge in [0, 0.05) is 5.56 Å². The first-order chi connectivity index (χ1) is 6.88. The first-order valence-corrected chi connectivity index (χ1v) is 4.71. The Kier molecular flexibility index (Phi) is 3.09. The van der Waals surface area contributed by atoms with E-state index in [1.165, 1.54) is 18.2 Å². The van der Waals surface area contributed by atoms with Crippen LogP contribution >= 0.6 is 0 Å². The van der Waals surface area contributed by atoms with Gasteiger partial charge in [0.25, 0.3) is 0 Å². The number of hydrogen-bond acceptors (Lipinski definition) is 1. The minimum absolute atomic E-state index is 0.132. The summed E-state index contributed by atoms with van der Waals surface area (Å²) in [5.41, 5.74) is -0.620. The van der Waals surface area contributed by atoms with Crippen LogP contribution in [0.25, 0.3) is 0 Å². The summed E-state index contributed by atoms with van der Waals surface area (Å²) in [4.78, 5) is 0. The molecule has 1 rings (SSSR count). The van der Waals surface area contributed by atoms with Gasteiger partial charge in [-0.25, -0.2) is 8.78 Å². The van der Waals surface area contributed by atoms with Crippen LogP contribution < -0.4 is 0 Å². The summed E-state index contributed by atoms with van der Waals surface area (Å²) in [6.07, 6.45) is 0. The van der Waals surface area contributed by atoms with Crippen LogP contribution in [0.4, 0.5) is 8.78 Å². The van der Waals surface area contributed by atoms with E-state index in [0.29, 0.717) is 0 Å². The van der Waals surface area contributed by atoms with Gasteiger partial charge in [0.05, 0.1) is 12.0 Å². The molecule has 1 nitrogen and oxygen atoms in total. The van der Waals surface area contributed by atoms with Crippen molar-refractivity contribution in [1.82, 2.24) is 0 Å². The summed E-state index contributed by atoms with van der Waals surface area (Å²) in [5, 5.41) is 8.98. The molecule has 0 N–H and O–H groups in total. The zero-order valence-electron chi connectivity index (χ0n) is 9.01. The molecule has 15 heavy (non-hydrogen) atoms. The fourth-order valence-electron chi connectivity index (χ4n) is 1.48. The van der Waals surface area contributed by atoms with E-state index in [1.807, 2.05) is 6.07 Å². The highest BCUT2D eigenvalue weighted by atomic mass is 19.1. The second-order valence-corrected chi connectivity index (χ2v) is 4.56. The lowest BCUT2D eigenvalue weighted by Gasteiger charge is -2.25. The summed E-state index contributed by atoms with van der Waals surface area (Å²) in [5.74, 6) is -2.09. The Hall–Kier alpha value is -1.43. The maximum Gasteiger partial charge on any atom is 0.130 e. The molecule has 0 fully saturated rings. The monoisotopic (exact) mass is 209 g/mol. The van der Waals surface area contributed by atoms with Crippen LogP contribution in [-0.4, -0.2) is 0 Å². The number of nitrogens with zero attached hydrogens (tertiary/aromatic N) is 1. The molecule has 0 aliphatic rings. The van der Waals surface area contributed by atoms with Gasteiger partial charge in [0.2, 0.25) is 0 Å². The average Bonchev–Trinajstić information content (AvgIpc) is 2.09. The second kappa shape index (κ2) is 3.98. The summed E-state index contributed by atoms with van der Waals surface area (Å²) >= 11 is 0. The molecule has 0 saturated heterocycles. The molecule has 80 valence electrons. The van der Waals surface area contributed by atoms with E-state index in [0.717, 1.165) is 0 Å². The molecule has 0 spiro atoms. The van der Waals surface area contributed by atoms with Crippen LogP contribution in [-0.2, 0) is 0 Å². The Morgan fingerprint density at radius 2 is 1.67 bits per heavy atom. The minimum Gasteiger partial charge on any atom is -0.207 e. The Morgan fingerprint density at radius 1 is 1.20 bits per heavy atom. The smallest absolute Gasteiger partial charge is 0.130 e. The van der Waals surface area contributed by atoms with Gasteiger partial charge in [0.1, 0.15) is 11.6 Å². The fraction of sp³-hybridized carbons (Fsp3) is 0.417. The predicted octanol–water partition coefficient (Wildman–Crippen LogP) is 3.62. The van der Waals surface area contributed by atoms with Crippen LogP contribution in [0.1, 0.15) is 32.3 Å². The Bertz CT molecular complexity index is 379. The topological polar surface area (TPSA) is 23.8 Å². The first kappa shape index (κ1) is 11.6. The van der Waals surface area contributed by atoms with E-state index < -0.39 is 23.0 Å². The molecule has 0 amide bonds. The van der Waals surface area contributed by atoms with Crippen molar-refractivity contribution < 1.29 is 8.78 Å². The van der Waals surface area contributed by atoms with Gasteiger partial charge >= 0.3 is 0 Å². The van der Waals surface area contributed by atoms with Gasteiger partial charge in [-0.2, -0.15) is 5.26 Å². The van der Waals surface area contributed by atoms with Gasteiger partial charge in [-0.15, -0.1) is 0 Å². The highest BCUT2D eigenvalue weighted by molar-refractivity contribution is 5.30. The number of hydrogen-bond donors (Lipinski definition) is 0. The molecule has 1 aromatic rings. The number of rotatable bonds is 1. The van der Waals surface area contributed by atoms with E-state index in [-0.39, 0.29) is 5.56 Å². The van der Waals surface area contributed by atoms with Gasteiger partial charge in [0.15, 0.2) is 0 Å². The lowest BCUT2D eigenvalue weighted by molar-refractivity contribution is 0.354. The van der Waals surface area contributed by atoms with Gasteiger partial charge < -0.3 is 0 Å². The van der Waals surface area contributed by atoms with Gasteiger partial charge in [-0.05, 0) is 17.5 Å². The Labute approximate surface area is 88.3 Å². The second-order valence-electron chi connectivity index (χ2n) is 4.56. The fourth-order valence-corrected chi connectivity index (χ4v) is 1.48. The van der Waals surface area contributed by atoms with Crippen molar-refractivity contribution in [3.63, 3.8) is 0 Å². The predicted molar refractivity (Wildman–Crippen MR) is 54.2 cm³/mol. The van der Waals surface area contributed by atoms with Crippen LogP contribution in [0.2, 0.25) is 0 Å². The van der Waals surface area contributed by atoms with Crippen molar-refractivity contribution in [3.8, 4) is 6.07 Å². The van der Waals surface area contributed by atoms with Crippen molar-refractivity contribution in [2.75, 3.05) is 0 Å². The first-order valence-electron chi connectivity index (χ1n) is 4.71. The Balaban J connectivity index is 3.32. The number of halogens is 2. The van der Waals surface area contributed by atoms with Crippen molar-refractivity contribution in [2.24, 2.45) is 5.41 Å². The highest BCUT2D eigenvalue weighted by Gasteiger charge is 2.30. The van der Waals surface area contributed by atoms with Crippen molar-refractivity contribution in [3.05, 3.63) is 35.4 Å². The zero-order valence-corrected chi connectivity index (χ0v) is 9.01. The lowest BCUT2D eigenvalue weighted by Crippen LogP contribution is -2.19. The van der Waals surface area contributed by atoms with Crippen molar-refractivity contribution in [1.29, 1.82) is 5.26 Å². The Morgan fingerprint density at radius 3 is 2.00 bits per heavy atom. The van der Waals surface area contributed by atoms with Gasteiger partial charge in [-0.3, -0.25) is 0 Å². The number of benzene rings is 1. The molecule has 3 heteroatoms. The number of nitriles is 1. The minimum atomic E-state index is -0.779. The van der Waals surface area contributed by atoms with Crippen LogP contribution in [0, 0.1) is 28.4 Å². The standard InChI is InChI=1S/C12H13F2N/c1-12(2,3)8(7-15)11-9(13)5-4-6-10(11)14/h4-6,8H,1-3H3. The van der Waals surface area contributed by atoms with E-state index in [9.17, 15) is 8.78 Å². The average molecular weight is 209 g/mol. The van der Waals surface area contributed by atoms with E-state index in [2.05, 4.69) is 0 Å². The summed E-state index contributed by atoms with van der Waals surface area (Å²) in [6, 6.07) is 5.61. The molecule has 1 aromatic carbocycles. The maximum absolute atomic E-state index is 13.4. The van der Waals surface area contributed by atoms with E-state index >= 15 is 0 Å². The molecule has 0 radical (unpaired) electrons. The normalized spacial score (nSPS) is 13.3. The summed E-state index contributed by atoms with van der Waals surface area (Å²) < 4.78 is 26.9. The van der Waals surface area contributed by atoms with Crippen molar-refractivity contribution >= 4 is 0 Å². The maximum atomic E-state index is 13.4. The third-order valence-electron chi connectivity index (χ3n) is 2.28. The lowest BCUT2D eigenvalue weighted by atomic mass is 9.77. The molecule has 0 aliphatic carbocycles. The van der Waals surface area contributed by atoms with Crippen LogP contribution in [0.15, 0.2) is 18.2 Å². The zero-order chi connectivity index (χ0) is 11.6. The third kappa shape index (κ3) is 2.33.